The van der Waals surface area contributed by atoms with Gasteiger partial charge in [-0.15, -0.1) is 0 Å². The summed E-state index contributed by atoms with van der Waals surface area (Å²) in [6.07, 6.45) is 0.232. The Hall–Kier alpha value is -1.26. The maximum Gasteiger partial charge on any atom is 0.161 e. The van der Waals surface area contributed by atoms with Gasteiger partial charge in [0, 0.05) is 19.7 Å². The summed E-state index contributed by atoms with van der Waals surface area (Å²) in [5.74, 6) is 1.51. The van der Waals surface area contributed by atoms with Gasteiger partial charge in [0.2, 0.25) is 0 Å². The molecule has 0 aliphatic rings. The minimum Gasteiger partial charge on any atom is -0.493 e. The van der Waals surface area contributed by atoms with Gasteiger partial charge in [0.1, 0.15) is 0 Å². The molecule has 0 bridgehead atoms. The second kappa shape index (κ2) is 7.95. The van der Waals surface area contributed by atoms with E-state index in [1.54, 1.807) is 14.2 Å². The van der Waals surface area contributed by atoms with Crippen molar-refractivity contribution in [3.05, 3.63) is 23.8 Å². The number of hydrogen-bond acceptors (Lipinski definition) is 4. The summed E-state index contributed by atoms with van der Waals surface area (Å²) < 4.78 is 15.9. The molecule has 0 aromatic heterocycles. The first-order chi connectivity index (χ1) is 8.71. The molecule has 1 unspecified atom stereocenters. The first-order valence-corrected chi connectivity index (χ1v) is 6.24. The highest BCUT2D eigenvalue weighted by Gasteiger charge is 2.05. The van der Waals surface area contributed by atoms with Crippen molar-refractivity contribution < 1.29 is 14.2 Å². The van der Waals surface area contributed by atoms with Crippen molar-refractivity contribution in [2.75, 3.05) is 27.4 Å². The van der Waals surface area contributed by atoms with Gasteiger partial charge in [0.25, 0.3) is 0 Å². The molecule has 4 heteroatoms. The predicted octanol–water partition coefficient (Wildman–Crippen LogP) is 2.22. The number of benzene rings is 1. The van der Waals surface area contributed by atoms with Crippen LogP contribution in [0.2, 0.25) is 0 Å². The van der Waals surface area contributed by atoms with Crippen molar-refractivity contribution in [3.8, 4) is 11.5 Å². The van der Waals surface area contributed by atoms with E-state index in [4.69, 9.17) is 14.2 Å². The van der Waals surface area contributed by atoms with Crippen LogP contribution in [-0.4, -0.2) is 33.5 Å². The molecular formula is C14H23NO3. The van der Waals surface area contributed by atoms with Crippen LogP contribution in [0.5, 0.6) is 11.5 Å². The van der Waals surface area contributed by atoms with E-state index in [1.807, 2.05) is 25.1 Å². The second-order valence-corrected chi connectivity index (χ2v) is 4.09. The van der Waals surface area contributed by atoms with E-state index < -0.39 is 0 Å². The van der Waals surface area contributed by atoms with E-state index in [2.05, 4.69) is 12.2 Å². The molecule has 0 saturated heterocycles. The van der Waals surface area contributed by atoms with Crippen molar-refractivity contribution in [1.82, 2.24) is 5.32 Å². The van der Waals surface area contributed by atoms with Gasteiger partial charge in [-0.3, -0.25) is 0 Å². The van der Waals surface area contributed by atoms with E-state index in [-0.39, 0.29) is 6.10 Å². The number of rotatable bonds is 8. The fourth-order valence-electron chi connectivity index (χ4n) is 1.75. The summed E-state index contributed by atoms with van der Waals surface area (Å²) in [5.41, 5.74) is 1.16. The lowest BCUT2D eigenvalue weighted by Gasteiger charge is -2.13. The Kier molecular flexibility index (Phi) is 6.54. The molecule has 1 N–H and O–H groups in total. The Labute approximate surface area is 109 Å². The lowest BCUT2D eigenvalue weighted by Crippen LogP contribution is -2.26. The van der Waals surface area contributed by atoms with Crippen molar-refractivity contribution in [1.29, 1.82) is 0 Å². The van der Waals surface area contributed by atoms with Gasteiger partial charge in [-0.2, -0.15) is 0 Å². The topological polar surface area (TPSA) is 39.7 Å². The summed E-state index contributed by atoms with van der Waals surface area (Å²) in [5, 5.41) is 3.35. The van der Waals surface area contributed by atoms with Gasteiger partial charge in [0.05, 0.1) is 20.3 Å². The molecule has 1 rings (SSSR count). The van der Waals surface area contributed by atoms with E-state index in [1.165, 1.54) is 0 Å². The normalized spacial score (nSPS) is 12.2. The maximum atomic E-state index is 5.45. The largest absolute Gasteiger partial charge is 0.493 e. The molecular weight excluding hydrogens is 230 g/mol. The van der Waals surface area contributed by atoms with Gasteiger partial charge in [-0.1, -0.05) is 6.07 Å². The van der Waals surface area contributed by atoms with Crippen LogP contribution in [0.3, 0.4) is 0 Å². The monoisotopic (exact) mass is 253 g/mol. The number of methoxy groups -OCH3 is 2. The molecule has 0 heterocycles. The summed E-state index contributed by atoms with van der Waals surface area (Å²) in [4.78, 5) is 0. The van der Waals surface area contributed by atoms with Crippen LogP contribution < -0.4 is 14.8 Å². The van der Waals surface area contributed by atoms with Crippen molar-refractivity contribution in [2.45, 2.75) is 26.5 Å². The van der Waals surface area contributed by atoms with Gasteiger partial charge >= 0.3 is 0 Å². The zero-order chi connectivity index (χ0) is 13.4. The highest BCUT2D eigenvalue weighted by atomic mass is 16.5. The smallest absolute Gasteiger partial charge is 0.161 e. The third-order valence-corrected chi connectivity index (χ3v) is 2.66. The van der Waals surface area contributed by atoms with Crippen molar-refractivity contribution >= 4 is 0 Å². The predicted molar refractivity (Wildman–Crippen MR) is 72.3 cm³/mol. The first kappa shape index (κ1) is 14.8. The molecule has 18 heavy (non-hydrogen) atoms. The Morgan fingerprint density at radius 2 is 1.89 bits per heavy atom. The summed E-state index contributed by atoms with van der Waals surface area (Å²) in [7, 11) is 3.28. The Bertz CT molecular complexity index is 355. The van der Waals surface area contributed by atoms with Crippen LogP contribution in [0, 0.1) is 0 Å². The Morgan fingerprint density at radius 1 is 1.17 bits per heavy atom. The SMILES string of the molecule is CCOC(C)CNCc1ccc(OC)c(OC)c1. The van der Waals surface area contributed by atoms with Gasteiger partial charge in [-0.05, 0) is 31.5 Å². The van der Waals surface area contributed by atoms with Crippen molar-refractivity contribution in [3.63, 3.8) is 0 Å². The third kappa shape index (κ3) is 4.55. The third-order valence-electron chi connectivity index (χ3n) is 2.66. The van der Waals surface area contributed by atoms with Crippen LogP contribution in [0.15, 0.2) is 18.2 Å². The molecule has 0 saturated carbocycles. The molecule has 0 aliphatic heterocycles. The minimum absolute atomic E-state index is 0.232. The minimum atomic E-state index is 0.232. The quantitative estimate of drug-likeness (QED) is 0.771. The van der Waals surface area contributed by atoms with Crippen molar-refractivity contribution in [2.24, 2.45) is 0 Å². The van der Waals surface area contributed by atoms with Crippen LogP contribution in [0.25, 0.3) is 0 Å². The van der Waals surface area contributed by atoms with Gasteiger partial charge in [-0.25, -0.2) is 0 Å². The summed E-state index contributed by atoms with van der Waals surface area (Å²) in [6.45, 7) is 6.44. The highest BCUT2D eigenvalue weighted by molar-refractivity contribution is 5.42. The molecule has 4 nitrogen and oxygen atoms in total. The van der Waals surface area contributed by atoms with E-state index in [9.17, 15) is 0 Å². The van der Waals surface area contributed by atoms with Crippen LogP contribution in [0.1, 0.15) is 19.4 Å². The van der Waals surface area contributed by atoms with E-state index in [0.29, 0.717) is 0 Å². The molecule has 1 aromatic rings. The van der Waals surface area contributed by atoms with Gasteiger partial charge < -0.3 is 19.5 Å². The molecule has 1 aromatic carbocycles. The zero-order valence-corrected chi connectivity index (χ0v) is 11.7. The first-order valence-electron chi connectivity index (χ1n) is 6.24. The number of hydrogen-bond donors (Lipinski definition) is 1. The Balaban J connectivity index is 2.47. The number of ether oxygens (including phenoxy) is 3. The molecule has 102 valence electrons. The lowest BCUT2D eigenvalue weighted by molar-refractivity contribution is 0.0759. The van der Waals surface area contributed by atoms with Crippen LogP contribution >= 0.6 is 0 Å². The standard InChI is InChI=1S/C14H23NO3/c1-5-18-11(2)9-15-10-12-6-7-13(16-3)14(8-12)17-4/h6-8,11,15H,5,9-10H2,1-4H3. The summed E-state index contributed by atoms with van der Waals surface area (Å²) in [6, 6.07) is 5.93. The van der Waals surface area contributed by atoms with E-state index >= 15 is 0 Å². The van der Waals surface area contributed by atoms with Crippen LogP contribution in [-0.2, 0) is 11.3 Å². The fraction of sp³-hybridized carbons (Fsp3) is 0.571. The average Bonchev–Trinajstić information content (AvgIpc) is 2.38. The average molecular weight is 253 g/mol. The number of nitrogens with one attached hydrogen (secondary N) is 1. The lowest BCUT2D eigenvalue weighted by atomic mass is 10.2. The molecule has 0 amide bonds. The maximum absolute atomic E-state index is 5.45. The summed E-state index contributed by atoms with van der Waals surface area (Å²) >= 11 is 0. The van der Waals surface area contributed by atoms with Crippen LogP contribution in [0.4, 0.5) is 0 Å². The van der Waals surface area contributed by atoms with Gasteiger partial charge in [0.15, 0.2) is 11.5 Å². The molecule has 0 radical (unpaired) electrons. The molecule has 0 aliphatic carbocycles. The highest BCUT2D eigenvalue weighted by Crippen LogP contribution is 2.27. The van der Waals surface area contributed by atoms with E-state index in [0.717, 1.165) is 36.8 Å². The molecule has 1 atom stereocenters. The second-order valence-electron chi connectivity index (χ2n) is 4.09. The molecule has 0 spiro atoms. The zero-order valence-electron chi connectivity index (χ0n) is 11.7. The fourth-order valence-corrected chi connectivity index (χ4v) is 1.75. The molecule has 0 fully saturated rings. The Morgan fingerprint density at radius 3 is 2.50 bits per heavy atom.